The van der Waals surface area contributed by atoms with Crippen LogP contribution in [0.3, 0.4) is 0 Å². The van der Waals surface area contributed by atoms with Gasteiger partial charge >= 0.3 is 0 Å². The molecule has 0 atom stereocenters. The molecular weight excluding hydrogens is 270 g/mol. The number of benzene rings is 1. The second kappa shape index (κ2) is 4.63. The number of ether oxygens (including phenoxy) is 1. The van der Waals surface area contributed by atoms with Crippen molar-refractivity contribution in [2.75, 3.05) is 7.11 Å². The zero-order chi connectivity index (χ0) is 12.5. The summed E-state index contributed by atoms with van der Waals surface area (Å²) in [7, 11) is 1.53. The van der Waals surface area contributed by atoms with Crippen LogP contribution in [0.15, 0.2) is 10.5 Å². The molecule has 0 saturated carbocycles. The van der Waals surface area contributed by atoms with E-state index in [9.17, 15) is 5.11 Å². The maximum atomic E-state index is 10.1. The molecule has 16 heavy (non-hydrogen) atoms. The average molecular weight is 288 g/mol. The summed E-state index contributed by atoms with van der Waals surface area (Å²) >= 11 is 3.36. The first-order valence-electron chi connectivity index (χ1n) is 5.10. The Kier molecular flexibility index (Phi) is 3.86. The van der Waals surface area contributed by atoms with E-state index in [1.807, 2.05) is 26.8 Å². The molecule has 0 spiro atoms. The highest BCUT2D eigenvalue weighted by Crippen LogP contribution is 2.40. The Hall–Kier alpha value is -0.740. The molecule has 0 radical (unpaired) electrons. The minimum atomic E-state index is -0.360. The van der Waals surface area contributed by atoms with Gasteiger partial charge in [0.1, 0.15) is 0 Å². The van der Waals surface area contributed by atoms with Crippen LogP contribution in [0.4, 0.5) is 0 Å². The minimum Gasteiger partial charge on any atom is -0.504 e. The highest BCUT2D eigenvalue weighted by Gasteiger charge is 2.20. The molecule has 0 saturated heterocycles. The Morgan fingerprint density at radius 2 is 2.06 bits per heavy atom. The molecule has 0 fully saturated rings. The number of nitrogens with two attached hydrogens (primary N) is 1. The van der Waals surface area contributed by atoms with Crippen LogP contribution in [-0.2, 0) is 6.42 Å². The zero-order valence-corrected chi connectivity index (χ0v) is 11.7. The lowest BCUT2D eigenvalue weighted by Gasteiger charge is -2.22. The topological polar surface area (TPSA) is 55.5 Å². The van der Waals surface area contributed by atoms with Gasteiger partial charge in [-0.2, -0.15) is 0 Å². The van der Waals surface area contributed by atoms with Gasteiger partial charge in [0.05, 0.1) is 11.6 Å². The van der Waals surface area contributed by atoms with Gasteiger partial charge in [-0.1, -0.05) is 0 Å². The van der Waals surface area contributed by atoms with Gasteiger partial charge in [0, 0.05) is 11.1 Å². The third kappa shape index (κ3) is 2.89. The fraction of sp³-hybridized carbons (Fsp3) is 0.500. The highest BCUT2D eigenvalue weighted by molar-refractivity contribution is 9.10. The lowest BCUT2D eigenvalue weighted by Crippen LogP contribution is -2.34. The third-order valence-electron chi connectivity index (χ3n) is 2.37. The summed E-state index contributed by atoms with van der Waals surface area (Å²) in [5, 5.41) is 10.1. The highest BCUT2D eigenvalue weighted by atomic mass is 79.9. The maximum absolute atomic E-state index is 10.1. The van der Waals surface area contributed by atoms with Gasteiger partial charge in [0.2, 0.25) is 0 Å². The van der Waals surface area contributed by atoms with E-state index in [0.717, 1.165) is 15.6 Å². The van der Waals surface area contributed by atoms with E-state index < -0.39 is 0 Å². The van der Waals surface area contributed by atoms with Crippen LogP contribution in [0.25, 0.3) is 0 Å². The number of hydrogen-bond donors (Lipinski definition) is 2. The summed E-state index contributed by atoms with van der Waals surface area (Å²) in [4.78, 5) is 0. The Labute approximate surface area is 105 Å². The number of phenols is 1. The first-order valence-corrected chi connectivity index (χ1v) is 5.89. The van der Waals surface area contributed by atoms with Crippen LogP contribution in [0.2, 0.25) is 0 Å². The Balaban J connectivity index is 3.28. The average Bonchev–Trinajstić information content (AvgIpc) is 2.11. The predicted molar refractivity (Wildman–Crippen MR) is 69.1 cm³/mol. The van der Waals surface area contributed by atoms with Crippen molar-refractivity contribution in [3.8, 4) is 11.5 Å². The number of methoxy groups -OCH3 is 1. The van der Waals surface area contributed by atoms with Gasteiger partial charge in [-0.25, -0.2) is 0 Å². The molecule has 0 unspecified atom stereocenters. The smallest absolute Gasteiger partial charge is 0.174 e. The Morgan fingerprint density at radius 3 is 2.50 bits per heavy atom. The summed E-state index contributed by atoms with van der Waals surface area (Å²) < 4.78 is 5.90. The number of rotatable bonds is 3. The Bertz CT molecular complexity index is 397. The number of halogens is 1. The zero-order valence-electron chi connectivity index (χ0n) is 10.1. The van der Waals surface area contributed by atoms with Crippen molar-refractivity contribution in [3.05, 3.63) is 21.7 Å². The predicted octanol–water partition coefficient (Wildman–Crippen LogP) is 2.75. The lowest BCUT2D eigenvalue weighted by molar-refractivity contribution is 0.364. The molecular formula is C12H18BrNO2. The molecule has 0 heterocycles. The van der Waals surface area contributed by atoms with Crippen molar-refractivity contribution in [2.24, 2.45) is 5.73 Å². The quantitative estimate of drug-likeness (QED) is 0.899. The molecule has 0 bridgehead atoms. The van der Waals surface area contributed by atoms with E-state index in [1.54, 1.807) is 0 Å². The third-order valence-corrected chi connectivity index (χ3v) is 2.96. The molecule has 0 aliphatic heterocycles. The van der Waals surface area contributed by atoms with Crippen molar-refractivity contribution in [1.82, 2.24) is 0 Å². The van der Waals surface area contributed by atoms with Gasteiger partial charge < -0.3 is 15.6 Å². The van der Waals surface area contributed by atoms with Crippen LogP contribution in [-0.4, -0.2) is 17.8 Å². The van der Waals surface area contributed by atoms with E-state index in [2.05, 4.69) is 15.9 Å². The summed E-state index contributed by atoms with van der Waals surface area (Å²) in [5.41, 5.74) is 7.45. The molecule has 0 aromatic heterocycles. The van der Waals surface area contributed by atoms with E-state index >= 15 is 0 Å². The maximum Gasteiger partial charge on any atom is 0.174 e. The second-order valence-electron chi connectivity index (χ2n) is 4.70. The molecule has 0 aliphatic carbocycles. The van der Waals surface area contributed by atoms with Crippen LogP contribution in [0, 0.1) is 6.92 Å². The van der Waals surface area contributed by atoms with Gasteiger partial charge in [-0.3, -0.25) is 0 Å². The van der Waals surface area contributed by atoms with Crippen molar-refractivity contribution < 1.29 is 9.84 Å². The number of hydrogen-bond acceptors (Lipinski definition) is 3. The van der Waals surface area contributed by atoms with Crippen LogP contribution < -0.4 is 10.5 Å². The first-order chi connectivity index (χ1) is 7.26. The number of aryl methyl sites for hydroxylation is 1. The molecule has 3 N–H and O–H groups in total. The summed E-state index contributed by atoms with van der Waals surface area (Å²) in [6, 6.07) is 1.93. The summed E-state index contributed by atoms with van der Waals surface area (Å²) in [6.07, 6.45) is 0.605. The molecule has 1 aromatic rings. The van der Waals surface area contributed by atoms with Gasteiger partial charge in [-0.05, 0) is 54.8 Å². The fourth-order valence-corrected chi connectivity index (χ4v) is 2.35. The molecule has 0 aliphatic rings. The van der Waals surface area contributed by atoms with E-state index in [0.29, 0.717) is 12.2 Å². The largest absolute Gasteiger partial charge is 0.504 e. The summed E-state index contributed by atoms with van der Waals surface area (Å²) in [6.45, 7) is 5.81. The van der Waals surface area contributed by atoms with Crippen molar-refractivity contribution in [3.63, 3.8) is 0 Å². The van der Waals surface area contributed by atoms with Crippen LogP contribution >= 0.6 is 15.9 Å². The molecule has 0 amide bonds. The fourth-order valence-electron chi connectivity index (χ4n) is 1.65. The van der Waals surface area contributed by atoms with Gasteiger partial charge in [0.15, 0.2) is 11.5 Å². The van der Waals surface area contributed by atoms with Crippen molar-refractivity contribution in [1.29, 1.82) is 0 Å². The number of phenolic OH excluding ortho intramolecular Hbond substituents is 1. The van der Waals surface area contributed by atoms with Crippen LogP contribution in [0.1, 0.15) is 25.0 Å². The van der Waals surface area contributed by atoms with Gasteiger partial charge in [-0.15, -0.1) is 0 Å². The van der Waals surface area contributed by atoms with E-state index in [4.69, 9.17) is 10.5 Å². The molecule has 1 rings (SSSR count). The summed E-state index contributed by atoms with van der Waals surface area (Å²) in [5.74, 6) is 0.637. The van der Waals surface area contributed by atoms with Gasteiger partial charge in [0.25, 0.3) is 0 Å². The first kappa shape index (κ1) is 13.3. The normalized spacial score (nSPS) is 11.6. The minimum absolute atomic E-state index is 0.174. The van der Waals surface area contributed by atoms with Crippen molar-refractivity contribution >= 4 is 15.9 Å². The Morgan fingerprint density at radius 1 is 1.50 bits per heavy atom. The molecule has 4 heteroatoms. The van der Waals surface area contributed by atoms with E-state index in [-0.39, 0.29) is 11.3 Å². The monoisotopic (exact) mass is 287 g/mol. The van der Waals surface area contributed by atoms with Crippen molar-refractivity contribution in [2.45, 2.75) is 32.7 Å². The SMILES string of the molecule is COc1c(Br)cc(C)c(CC(C)(C)N)c1O. The second-order valence-corrected chi connectivity index (χ2v) is 5.56. The molecule has 3 nitrogen and oxygen atoms in total. The lowest BCUT2D eigenvalue weighted by atomic mass is 9.92. The molecule has 90 valence electrons. The van der Waals surface area contributed by atoms with E-state index in [1.165, 1.54) is 7.11 Å². The number of aromatic hydroxyl groups is 1. The molecule has 1 aromatic carbocycles. The van der Waals surface area contributed by atoms with Crippen LogP contribution in [0.5, 0.6) is 11.5 Å². The standard InChI is InChI=1S/C12H18BrNO2/c1-7-5-9(13)11(16-4)10(15)8(7)6-12(2,3)14/h5,15H,6,14H2,1-4H3.